The van der Waals surface area contributed by atoms with Crippen molar-refractivity contribution in [3.63, 3.8) is 0 Å². The molecule has 23 heavy (non-hydrogen) atoms. The summed E-state index contributed by atoms with van der Waals surface area (Å²) >= 11 is 0. The molecule has 0 aliphatic rings. The Labute approximate surface area is 137 Å². The van der Waals surface area contributed by atoms with Crippen LogP contribution in [0.25, 0.3) is 0 Å². The fourth-order valence-corrected chi connectivity index (χ4v) is 3.19. The average Bonchev–Trinajstić information content (AvgIpc) is 2.56. The number of hydrogen-bond donors (Lipinski definition) is 1. The number of rotatable bonds is 9. The van der Waals surface area contributed by atoms with Gasteiger partial charge in [-0.15, -0.1) is 0 Å². The highest BCUT2D eigenvalue weighted by Crippen LogP contribution is 2.29. The Kier molecular flexibility index (Phi) is 7.31. The monoisotopic (exact) mass is 344 g/mol. The van der Waals surface area contributed by atoms with Gasteiger partial charge < -0.3 is 19.7 Å². The number of methoxy groups -OCH3 is 2. The minimum atomic E-state index is -3.57. The molecule has 0 radical (unpaired) electrons. The van der Waals surface area contributed by atoms with Gasteiger partial charge in [0.1, 0.15) is 0 Å². The minimum Gasteiger partial charge on any atom is -0.493 e. The summed E-state index contributed by atoms with van der Waals surface area (Å²) in [6.07, 6.45) is -0.0586. The Morgan fingerprint density at radius 2 is 1.87 bits per heavy atom. The van der Waals surface area contributed by atoms with Gasteiger partial charge in [0.25, 0.3) is 0 Å². The summed E-state index contributed by atoms with van der Waals surface area (Å²) in [4.78, 5) is 13.6. The normalized spacial score (nSPS) is 11.1. The summed E-state index contributed by atoms with van der Waals surface area (Å²) in [5.41, 5.74) is 0. The number of amides is 1. The molecule has 0 heterocycles. The number of benzene rings is 1. The van der Waals surface area contributed by atoms with Crippen LogP contribution in [-0.4, -0.2) is 66.4 Å². The lowest BCUT2D eigenvalue weighted by Gasteiger charge is -2.17. The fourth-order valence-electron chi connectivity index (χ4n) is 1.94. The summed E-state index contributed by atoms with van der Waals surface area (Å²) in [5, 5.41) is 2.94. The fraction of sp³-hybridized carbons (Fsp3) is 0.533. The van der Waals surface area contributed by atoms with E-state index in [0.29, 0.717) is 24.6 Å². The van der Waals surface area contributed by atoms with Crippen molar-refractivity contribution in [2.75, 3.05) is 47.2 Å². The second kappa shape index (κ2) is 8.73. The van der Waals surface area contributed by atoms with Gasteiger partial charge in [-0.05, 0) is 19.2 Å². The molecule has 0 saturated carbocycles. The van der Waals surface area contributed by atoms with Crippen molar-refractivity contribution in [1.82, 2.24) is 10.2 Å². The number of nitrogens with one attached hydrogen (secondary N) is 1. The van der Waals surface area contributed by atoms with E-state index in [1.165, 1.54) is 37.3 Å². The molecule has 1 rings (SSSR count). The van der Waals surface area contributed by atoms with Crippen LogP contribution in [0, 0.1) is 0 Å². The number of hydrogen-bond acceptors (Lipinski definition) is 6. The molecular weight excluding hydrogens is 320 g/mol. The topological polar surface area (TPSA) is 84.9 Å². The first-order valence-electron chi connectivity index (χ1n) is 7.19. The van der Waals surface area contributed by atoms with Gasteiger partial charge in [-0.25, -0.2) is 8.42 Å². The number of nitrogens with zero attached hydrogens (tertiary/aromatic N) is 1. The largest absolute Gasteiger partial charge is 0.493 e. The van der Waals surface area contributed by atoms with E-state index in [4.69, 9.17) is 9.47 Å². The van der Waals surface area contributed by atoms with E-state index in [1.807, 2.05) is 0 Å². The van der Waals surface area contributed by atoms with Gasteiger partial charge in [-0.2, -0.15) is 0 Å². The molecule has 1 aromatic rings. The molecule has 0 aromatic heterocycles. The molecule has 7 nitrogen and oxygen atoms in total. The molecule has 0 saturated heterocycles. The van der Waals surface area contributed by atoms with Crippen LogP contribution in [0.4, 0.5) is 0 Å². The summed E-state index contributed by atoms with van der Waals surface area (Å²) in [5.74, 6) is 0.343. The quantitative estimate of drug-likeness (QED) is 0.704. The van der Waals surface area contributed by atoms with Crippen LogP contribution in [0.2, 0.25) is 0 Å². The lowest BCUT2D eigenvalue weighted by atomic mass is 10.3. The molecule has 1 amide bonds. The van der Waals surface area contributed by atoms with Crippen molar-refractivity contribution >= 4 is 15.7 Å². The highest BCUT2D eigenvalue weighted by Gasteiger charge is 2.20. The lowest BCUT2D eigenvalue weighted by molar-refractivity contribution is -0.129. The molecule has 0 fully saturated rings. The Hall–Kier alpha value is -1.80. The first-order valence-corrected chi connectivity index (χ1v) is 8.84. The van der Waals surface area contributed by atoms with Crippen LogP contribution < -0.4 is 14.8 Å². The van der Waals surface area contributed by atoms with Crippen LogP contribution in [-0.2, 0) is 14.6 Å². The number of carbonyl (C=O) groups is 1. The predicted molar refractivity (Wildman–Crippen MR) is 87.8 cm³/mol. The summed E-state index contributed by atoms with van der Waals surface area (Å²) in [6.45, 7) is 1.19. The van der Waals surface area contributed by atoms with E-state index >= 15 is 0 Å². The van der Waals surface area contributed by atoms with Gasteiger partial charge >= 0.3 is 0 Å². The second-order valence-corrected chi connectivity index (χ2v) is 7.11. The zero-order valence-corrected chi connectivity index (χ0v) is 14.8. The third-order valence-corrected chi connectivity index (χ3v) is 5.14. The van der Waals surface area contributed by atoms with Gasteiger partial charge in [0.2, 0.25) is 5.91 Å². The zero-order valence-electron chi connectivity index (χ0n) is 14.0. The molecule has 130 valence electrons. The van der Waals surface area contributed by atoms with E-state index in [9.17, 15) is 13.2 Å². The molecule has 0 aliphatic heterocycles. The molecule has 0 spiro atoms. The molecule has 0 bridgehead atoms. The predicted octanol–water partition coefficient (Wildman–Crippen LogP) is 0.545. The highest BCUT2D eigenvalue weighted by atomic mass is 32.2. The number of carbonyl (C=O) groups excluding carboxylic acids is 1. The van der Waals surface area contributed by atoms with Crippen molar-refractivity contribution in [2.24, 2.45) is 0 Å². The van der Waals surface area contributed by atoms with E-state index in [-0.39, 0.29) is 23.0 Å². The molecule has 0 aliphatic carbocycles. The number of sulfone groups is 1. The van der Waals surface area contributed by atoms with Crippen molar-refractivity contribution in [2.45, 2.75) is 11.3 Å². The minimum absolute atomic E-state index is 0.0586. The zero-order chi connectivity index (χ0) is 17.5. The number of ether oxygens (including phenoxy) is 2. The van der Waals surface area contributed by atoms with Gasteiger partial charge in [0, 0.05) is 32.6 Å². The maximum Gasteiger partial charge on any atom is 0.223 e. The van der Waals surface area contributed by atoms with Gasteiger partial charge in [0.05, 0.1) is 24.9 Å². The maximum absolute atomic E-state index is 12.4. The van der Waals surface area contributed by atoms with Crippen molar-refractivity contribution < 1.29 is 22.7 Å². The molecule has 0 unspecified atom stereocenters. The Bertz CT molecular complexity index is 631. The Balaban J connectivity index is 2.78. The third-order valence-electron chi connectivity index (χ3n) is 3.42. The molecular formula is C15H24N2O5S. The van der Waals surface area contributed by atoms with Gasteiger partial charge in [-0.3, -0.25) is 4.79 Å². The van der Waals surface area contributed by atoms with Gasteiger partial charge in [0.15, 0.2) is 21.3 Å². The summed E-state index contributed by atoms with van der Waals surface area (Å²) in [6, 6.07) is 4.39. The number of likely N-dealkylation sites (N-methyl/N-ethyl adjacent to an activating group) is 2. The molecule has 1 N–H and O–H groups in total. The first-order chi connectivity index (χ1) is 10.9. The second-order valence-electron chi connectivity index (χ2n) is 5.00. The van der Waals surface area contributed by atoms with Crippen LogP contribution in [0.3, 0.4) is 0 Å². The Morgan fingerprint density at radius 1 is 1.22 bits per heavy atom. The summed E-state index contributed by atoms with van der Waals surface area (Å²) < 4.78 is 34.9. The highest BCUT2D eigenvalue weighted by molar-refractivity contribution is 7.91. The van der Waals surface area contributed by atoms with E-state index in [1.54, 1.807) is 14.1 Å². The molecule has 8 heteroatoms. The van der Waals surface area contributed by atoms with Crippen LogP contribution in [0.15, 0.2) is 23.1 Å². The molecule has 1 aromatic carbocycles. The third kappa shape index (κ3) is 5.40. The summed E-state index contributed by atoms with van der Waals surface area (Å²) in [7, 11) is 2.80. The standard InChI is InChI=1S/C15H24N2O5S/c1-16-8-9-17(2)15(18)7-10-23(19,20)12-5-6-13(21-3)14(11-12)22-4/h5-6,11,16H,7-10H2,1-4H3. The van der Waals surface area contributed by atoms with E-state index < -0.39 is 9.84 Å². The van der Waals surface area contributed by atoms with Crippen molar-refractivity contribution in [3.8, 4) is 11.5 Å². The first kappa shape index (κ1) is 19.2. The van der Waals surface area contributed by atoms with Crippen LogP contribution in [0.1, 0.15) is 6.42 Å². The smallest absolute Gasteiger partial charge is 0.223 e. The lowest BCUT2D eigenvalue weighted by Crippen LogP contribution is -2.33. The van der Waals surface area contributed by atoms with E-state index in [0.717, 1.165) is 0 Å². The van der Waals surface area contributed by atoms with Gasteiger partial charge in [-0.1, -0.05) is 0 Å². The van der Waals surface area contributed by atoms with Crippen LogP contribution in [0.5, 0.6) is 11.5 Å². The SMILES string of the molecule is CNCCN(C)C(=O)CCS(=O)(=O)c1ccc(OC)c(OC)c1. The maximum atomic E-state index is 12.4. The molecule has 0 atom stereocenters. The van der Waals surface area contributed by atoms with Crippen LogP contribution >= 0.6 is 0 Å². The average molecular weight is 344 g/mol. The van der Waals surface area contributed by atoms with E-state index in [2.05, 4.69) is 5.32 Å². The van der Waals surface area contributed by atoms with Crippen molar-refractivity contribution in [1.29, 1.82) is 0 Å². The Morgan fingerprint density at radius 3 is 2.43 bits per heavy atom. The van der Waals surface area contributed by atoms with Crippen molar-refractivity contribution in [3.05, 3.63) is 18.2 Å².